The molecular weight excluding hydrogens is 393 g/mol. The zero-order valence-corrected chi connectivity index (χ0v) is 15.5. The normalized spacial score (nSPS) is 11.3. The first kappa shape index (κ1) is 19.4. The largest absolute Gasteiger partial charge is 0.443 e. The molecule has 0 atom stereocenters. The van der Waals surface area contributed by atoms with Gasteiger partial charge in [-0.3, -0.25) is 4.79 Å². The van der Waals surface area contributed by atoms with Crippen molar-refractivity contribution in [2.24, 2.45) is 0 Å². The van der Waals surface area contributed by atoms with Gasteiger partial charge in [0, 0.05) is 16.8 Å². The van der Waals surface area contributed by atoms with Gasteiger partial charge < -0.3 is 9.73 Å². The number of oxazole rings is 1. The summed E-state index contributed by atoms with van der Waals surface area (Å²) in [4.78, 5) is 16.8. The van der Waals surface area contributed by atoms with Gasteiger partial charge in [-0.05, 0) is 17.7 Å². The molecule has 7 heteroatoms. The molecule has 1 amide bonds. The second-order valence-electron chi connectivity index (χ2n) is 6.44. The molecule has 4 aromatic rings. The molecule has 4 rings (SSSR count). The number of amides is 1. The lowest BCUT2D eigenvalue weighted by Crippen LogP contribution is -2.15. The van der Waals surface area contributed by atoms with Crippen LogP contribution in [0.4, 0.5) is 18.9 Å². The molecule has 0 radical (unpaired) electrons. The lowest BCUT2D eigenvalue weighted by Gasteiger charge is -2.13. The van der Waals surface area contributed by atoms with Crippen LogP contribution in [0.1, 0.15) is 16.1 Å². The van der Waals surface area contributed by atoms with E-state index in [2.05, 4.69) is 10.3 Å². The van der Waals surface area contributed by atoms with E-state index in [9.17, 15) is 18.0 Å². The zero-order chi connectivity index (χ0) is 21.1. The number of hydrogen-bond donors (Lipinski definition) is 1. The Labute approximate surface area is 170 Å². The van der Waals surface area contributed by atoms with Gasteiger partial charge >= 0.3 is 6.18 Å². The molecule has 0 spiro atoms. The Morgan fingerprint density at radius 3 is 2.20 bits per heavy atom. The molecule has 1 N–H and O–H groups in total. The maximum Gasteiger partial charge on any atom is 0.417 e. The Kier molecular flexibility index (Phi) is 5.10. The van der Waals surface area contributed by atoms with E-state index >= 15 is 0 Å². The maximum atomic E-state index is 13.4. The molecule has 1 heterocycles. The second-order valence-corrected chi connectivity index (χ2v) is 6.44. The molecule has 0 aliphatic heterocycles. The van der Waals surface area contributed by atoms with E-state index in [0.717, 1.165) is 23.6 Å². The summed E-state index contributed by atoms with van der Waals surface area (Å²) < 4.78 is 45.4. The van der Waals surface area contributed by atoms with Gasteiger partial charge in [0.05, 0.1) is 5.56 Å². The number of benzene rings is 3. The number of nitrogens with zero attached hydrogens (tertiary/aromatic N) is 1. The van der Waals surface area contributed by atoms with Crippen LogP contribution in [-0.4, -0.2) is 10.9 Å². The number of rotatable bonds is 4. The van der Waals surface area contributed by atoms with Crippen molar-refractivity contribution >= 4 is 11.6 Å². The van der Waals surface area contributed by atoms with Gasteiger partial charge in [-0.2, -0.15) is 13.2 Å². The molecule has 1 aromatic heterocycles. The fraction of sp³-hybridized carbons (Fsp3) is 0.0435. The maximum absolute atomic E-state index is 13.4. The van der Waals surface area contributed by atoms with Crippen molar-refractivity contribution in [3.05, 3.63) is 96.5 Å². The van der Waals surface area contributed by atoms with Crippen LogP contribution in [0, 0.1) is 0 Å². The van der Waals surface area contributed by atoms with Crippen LogP contribution in [0.15, 0.2) is 89.7 Å². The number of halogens is 3. The summed E-state index contributed by atoms with van der Waals surface area (Å²) in [6.07, 6.45) is -3.64. The summed E-state index contributed by atoms with van der Waals surface area (Å²) in [5.74, 6) is -0.906. The van der Waals surface area contributed by atoms with Gasteiger partial charge in [0.25, 0.3) is 5.91 Å². The fourth-order valence-corrected chi connectivity index (χ4v) is 3.17. The molecular formula is C23H15F3N2O2. The van der Waals surface area contributed by atoms with Crippen molar-refractivity contribution in [3.63, 3.8) is 0 Å². The van der Waals surface area contributed by atoms with Crippen LogP contribution in [-0.2, 0) is 6.18 Å². The number of anilines is 1. The Morgan fingerprint density at radius 1 is 0.833 bits per heavy atom. The highest BCUT2D eigenvalue weighted by Crippen LogP contribution is 2.38. The number of hydrogen-bond acceptors (Lipinski definition) is 3. The van der Waals surface area contributed by atoms with Crippen molar-refractivity contribution in [1.82, 2.24) is 4.98 Å². The van der Waals surface area contributed by atoms with Crippen LogP contribution in [0.2, 0.25) is 0 Å². The fourth-order valence-electron chi connectivity index (χ4n) is 3.17. The van der Waals surface area contributed by atoms with Gasteiger partial charge in [0.15, 0.2) is 17.8 Å². The van der Waals surface area contributed by atoms with Crippen molar-refractivity contribution < 1.29 is 22.4 Å². The summed E-state index contributed by atoms with van der Waals surface area (Å²) >= 11 is 0. The van der Waals surface area contributed by atoms with Crippen LogP contribution >= 0.6 is 0 Å². The van der Waals surface area contributed by atoms with Crippen LogP contribution in [0.5, 0.6) is 0 Å². The predicted octanol–water partition coefficient (Wildman–Crippen LogP) is 6.28. The topological polar surface area (TPSA) is 55.1 Å². The second kappa shape index (κ2) is 7.87. The summed E-state index contributed by atoms with van der Waals surface area (Å²) in [5.41, 5.74) is 0.786. The van der Waals surface area contributed by atoms with Gasteiger partial charge in [-0.15, -0.1) is 0 Å². The summed E-state index contributed by atoms with van der Waals surface area (Å²) in [6.45, 7) is 0. The van der Waals surface area contributed by atoms with Crippen LogP contribution in [0.3, 0.4) is 0 Å². The molecule has 4 nitrogen and oxygen atoms in total. The van der Waals surface area contributed by atoms with Gasteiger partial charge in [-0.25, -0.2) is 4.98 Å². The quantitative estimate of drug-likeness (QED) is 0.432. The smallest absolute Gasteiger partial charge is 0.417 e. The minimum Gasteiger partial charge on any atom is -0.443 e. The Hall–Kier alpha value is -3.87. The number of alkyl halides is 3. The van der Waals surface area contributed by atoms with Gasteiger partial charge in [0.2, 0.25) is 0 Å². The molecule has 0 bridgehead atoms. The number of nitrogens with one attached hydrogen (secondary N) is 1. The van der Waals surface area contributed by atoms with Gasteiger partial charge in [-0.1, -0.05) is 66.7 Å². The molecule has 150 valence electrons. The molecule has 0 saturated heterocycles. The SMILES string of the molecule is O=C(Nc1ccccc1-c1ccccc1)c1ncoc1-c1ccccc1C(F)(F)F. The lowest BCUT2D eigenvalue weighted by atomic mass is 10.0. The Balaban J connectivity index is 1.70. The van der Waals surface area contributed by atoms with Crippen molar-refractivity contribution in [1.29, 1.82) is 0 Å². The van der Waals surface area contributed by atoms with Gasteiger partial charge in [0.1, 0.15) is 0 Å². The highest BCUT2D eigenvalue weighted by atomic mass is 19.4. The summed E-state index contributed by atoms with van der Waals surface area (Å²) in [6, 6.07) is 21.5. The third kappa shape index (κ3) is 3.82. The monoisotopic (exact) mass is 408 g/mol. The van der Waals surface area contributed by atoms with E-state index in [1.807, 2.05) is 42.5 Å². The van der Waals surface area contributed by atoms with E-state index in [-0.39, 0.29) is 17.0 Å². The number of para-hydroxylation sites is 1. The van der Waals surface area contributed by atoms with Crippen LogP contribution < -0.4 is 5.32 Å². The Bertz CT molecular complexity index is 1180. The van der Waals surface area contributed by atoms with E-state index in [4.69, 9.17) is 4.42 Å². The van der Waals surface area contributed by atoms with E-state index < -0.39 is 17.6 Å². The molecule has 30 heavy (non-hydrogen) atoms. The highest BCUT2D eigenvalue weighted by molar-refractivity contribution is 6.08. The minimum atomic E-state index is -4.60. The Morgan fingerprint density at radius 2 is 1.47 bits per heavy atom. The predicted molar refractivity (Wildman–Crippen MR) is 107 cm³/mol. The zero-order valence-electron chi connectivity index (χ0n) is 15.5. The molecule has 0 saturated carbocycles. The molecule has 0 fully saturated rings. The van der Waals surface area contributed by atoms with Crippen LogP contribution in [0.25, 0.3) is 22.5 Å². The summed E-state index contributed by atoms with van der Waals surface area (Å²) in [5, 5.41) is 2.74. The van der Waals surface area contributed by atoms with Crippen molar-refractivity contribution in [2.75, 3.05) is 5.32 Å². The molecule has 0 unspecified atom stereocenters. The highest BCUT2D eigenvalue weighted by Gasteiger charge is 2.35. The first-order valence-corrected chi connectivity index (χ1v) is 9.01. The first-order chi connectivity index (χ1) is 14.4. The van der Waals surface area contributed by atoms with Crippen molar-refractivity contribution in [2.45, 2.75) is 6.18 Å². The third-order valence-corrected chi connectivity index (χ3v) is 4.52. The average molecular weight is 408 g/mol. The lowest BCUT2D eigenvalue weighted by molar-refractivity contribution is -0.137. The molecule has 0 aliphatic rings. The third-order valence-electron chi connectivity index (χ3n) is 4.52. The summed E-state index contributed by atoms with van der Waals surface area (Å²) in [7, 11) is 0. The van der Waals surface area contributed by atoms with E-state index in [0.29, 0.717) is 5.69 Å². The van der Waals surface area contributed by atoms with E-state index in [1.165, 1.54) is 18.2 Å². The first-order valence-electron chi connectivity index (χ1n) is 9.01. The number of carbonyl (C=O) groups is 1. The average Bonchev–Trinajstić information content (AvgIpc) is 3.24. The minimum absolute atomic E-state index is 0.227. The standard InChI is InChI=1S/C23H15F3N2O2/c24-23(25,26)18-12-6-4-11-17(18)21-20(27-14-30-21)22(29)28-19-13-7-5-10-16(19)15-8-2-1-3-9-15/h1-14H,(H,28,29). The van der Waals surface area contributed by atoms with E-state index in [1.54, 1.807) is 12.1 Å². The number of aromatic nitrogens is 1. The van der Waals surface area contributed by atoms with Crippen molar-refractivity contribution in [3.8, 4) is 22.5 Å². The molecule has 0 aliphatic carbocycles. The molecule has 3 aromatic carbocycles. The number of carbonyl (C=O) groups excluding carboxylic acids is 1.